The summed E-state index contributed by atoms with van der Waals surface area (Å²) in [6, 6.07) is 8.00. The van der Waals surface area contributed by atoms with Crippen molar-refractivity contribution >= 4 is 22.7 Å². The number of morpholine rings is 1. The van der Waals surface area contributed by atoms with E-state index in [1.165, 1.54) is 0 Å². The van der Waals surface area contributed by atoms with Gasteiger partial charge in [0, 0.05) is 39.6 Å². The number of rotatable bonds is 4. The molecule has 7 nitrogen and oxygen atoms in total. The summed E-state index contributed by atoms with van der Waals surface area (Å²) >= 11 is 0. The van der Waals surface area contributed by atoms with Crippen LogP contribution in [0.5, 0.6) is 0 Å². The Labute approximate surface area is 146 Å². The highest BCUT2D eigenvalue weighted by atomic mass is 16.5. The molecule has 4 rings (SSSR count). The first-order valence-electron chi connectivity index (χ1n) is 8.49. The van der Waals surface area contributed by atoms with Crippen molar-refractivity contribution in [3.8, 4) is 0 Å². The molecule has 0 saturated carbocycles. The number of anilines is 2. The van der Waals surface area contributed by atoms with Gasteiger partial charge in [-0.3, -0.25) is 0 Å². The van der Waals surface area contributed by atoms with Crippen LogP contribution in [0.2, 0.25) is 0 Å². The van der Waals surface area contributed by atoms with Gasteiger partial charge in [0.2, 0.25) is 0 Å². The highest BCUT2D eigenvalue weighted by Crippen LogP contribution is 2.28. The Kier molecular flexibility index (Phi) is 4.23. The van der Waals surface area contributed by atoms with Gasteiger partial charge in [-0.1, -0.05) is 12.1 Å². The molecule has 0 aliphatic carbocycles. The van der Waals surface area contributed by atoms with E-state index in [2.05, 4.69) is 14.8 Å². The zero-order chi connectivity index (χ0) is 17.2. The number of aryl methyl sites for hydroxylation is 1. The summed E-state index contributed by atoms with van der Waals surface area (Å²) in [5.74, 6) is 2.78. The molecule has 1 saturated heterocycles. The van der Waals surface area contributed by atoms with Crippen molar-refractivity contribution in [1.82, 2.24) is 19.5 Å². The summed E-state index contributed by atoms with van der Waals surface area (Å²) in [5, 5.41) is 0. The quantitative estimate of drug-likeness (QED) is 0.723. The highest BCUT2D eigenvalue weighted by Gasteiger charge is 2.21. The fourth-order valence-electron chi connectivity index (χ4n) is 3.06. The Bertz CT molecular complexity index is 871. The molecule has 1 aromatic carbocycles. The van der Waals surface area contributed by atoms with Crippen molar-refractivity contribution in [1.29, 1.82) is 0 Å². The maximum absolute atomic E-state index is 5.49. The van der Waals surface area contributed by atoms with E-state index in [1.54, 1.807) is 0 Å². The smallest absolute Gasteiger partial charge is 0.172 e. The number of imidazole rings is 1. The summed E-state index contributed by atoms with van der Waals surface area (Å²) in [4.78, 5) is 18.6. The number of para-hydroxylation sites is 2. The minimum absolute atomic E-state index is 0.674. The number of ether oxygens (including phenoxy) is 1. The summed E-state index contributed by atoms with van der Waals surface area (Å²) < 4.78 is 7.52. The molecule has 3 aromatic rings. The summed E-state index contributed by atoms with van der Waals surface area (Å²) in [7, 11) is 4.04. The van der Waals surface area contributed by atoms with Crippen LogP contribution < -0.4 is 9.80 Å². The van der Waals surface area contributed by atoms with Crippen LogP contribution in [-0.2, 0) is 18.3 Å². The van der Waals surface area contributed by atoms with Gasteiger partial charge in [-0.2, -0.15) is 0 Å². The third-order valence-electron chi connectivity index (χ3n) is 4.51. The number of fused-ring (bicyclic) bond motifs is 1. The lowest BCUT2D eigenvalue weighted by Crippen LogP contribution is -2.38. The first kappa shape index (κ1) is 15.8. The van der Waals surface area contributed by atoms with Crippen molar-refractivity contribution in [2.75, 3.05) is 43.2 Å². The maximum atomic E-state index is 5.49. The Morgan fingerprint density at radius 1 is 1.12 bits per heavy atom. The summed E-state index contributed by atoms with van der Waals surface area (Å²) in [5.41, 5.74) is 1.82. The fourth-order valence-corrected chi connectivity index (χ4v) is 3.06. The predicted octanol–water partition coefficient (Wildman–Crippen LogP) is 1.84. The third-order valence-corrected chi connectivity index (χ3v) is 4.51. The highest BCUT2D eigenvalue weighted by molar-refractivity contribution is 5.80. The second-order valence-electron chi connectivity index (χ2n) is 6.27. The molecule has 0 radical (unpaired) electrons. The van der Waals surface area contributed by atoms with E-state index in [4.69, 9.17) is 14.7 Å². The molecule has 7 heteroatoms. The van der Waals surface area contributed by atoms with Crippen LogP contribution in [0, 0.1) is 0 Å². The van der Waals surface area contributed by atoms with Gasteiger partial charge in [0.15, 0.2) is 11.6 Å². The number of benzene rings is 1. The monoisotopic (exact) mass is 338 g/mol. The molecule has 0 atom stereocenters. The number of aromatic nitrogens is 4. The van der Waals surface area contributed by atoms with Gasteiger partial charge in [-0.15, -0.1) is 0 Å². The largest absolute Gasteiger partial charge is 0.378 e. The average molecular weight is 338 g/mol. The van der Waals surface area contributed by atoms with E-state index < -0.39 is 0 Å². The van der Waals surface area contributed by atoms with Crippen LogP contribution in [0.25, 0.3) is 11.0 Å². The maximum Gasteiger partial charge on any atom is 0.172 e. The van der Waals surface area contributed by atoms with E-state index in [0.29, 0.717) is 6.54 Å². The standard InChI is InChI=1S/C18H22N6O/c1-22-8-7-19-16(22)13-23(2)17-18(24-9-11-25-12-10-24)21-15-6-4-3-5-14(15)20-17/h3-8H,9-13H2,1-2H3. The van der Waals surface area contributed by atoms with Crippen molar-refractivity contribution in [2.45, 2.75) is 6.54 Å². The van der Waals surface area contributed by atoms with Crippen LogP contribution in [0.4, 0.5) is 11.6 Å². The van der Waals surface area contributed by atoms with E-state index in [1.807, 2.05) is 55.3 Å². The molecule has 2 aromatic heterocycles. The molecular formula is C18H22N6O. The Hall–Kier alpha value is -2.67. The Balaban J connectivity index is 1.75. The van der Waals surface area contributed by atoms with Crippen molar-refractivity contribution in [3.63, 3.8) is 0 Å². The molecule has 1 aliphatic rings. The second kappa shape index (κ2) is 6.68. The summed E-state index contributed by atoms with van der Waals surface area (Å²) in [6.07, 6.45) is 3.77. The Morgan fingerprint density at radius 2 is 1.84 bits per heavy atom. The van der Waals surface area contributed by atoms with E-state index in [9.17, 15) is 0 Å². The van der Waals surface area contributed by atoms with Crippen LogP contribution in [0.1, 0.15) is 5.82 Å². The van der Waals surface area contributed by atoms with E-state index >= 15 is 0 Å². The molecule has 0 spiro atoms. The van der Waals surface area contributed by atoms with Gasteiger partial charge < -0.3 is 19.1 Å². The normalized spacial score (nSPS) is 14.9. The van der Waals surface area contributed by atoms with Gasteiger partial charge in [0.1, 0.15) is 5.82 Å². The second-order valence-corrected chi connectivity index (χ2v) is 6.27. The van der Waals surface area contributed by atoms with Crippen molar-refractivity contribution in [3.05, 3.63) is 42.5 Å². The Morgan fingerprint density at radius 3 is 2.52 bits per heavy atom. The first-order valence-corrected chi connectivity index (χ1v) is 8.49. The van der Waals surface area contributed by atoms with Gasteiger partial charge in [0.25, 0.3) is 0 Å². The minimum Gasteiger partial charge on any atom is -0.378 e. The molecule has 25 heavy (non-hydrogen) atoms. The van der Waals surface area contributed by atoms with Crippen LogP contribution in [0.15, 0.2) is 36.7 Å². The lowest BCUT2D eigenvalue weighted by molar-refractivity contribution is 0.122. The molecule has 3 heterocycles. The van der Waals surface area contributed by atoms with Gasteiger partial charge in [-0.05, 0) is 12.1 Å². The van der Waals surface area contributed by atoms with Gasteiger partial charge >= 0.3 is 0 Å². The van der Waals surface area contributed by atoms with Crippen molar-refractivity contribution in [2.24, 2.45) is 7.05 Å². The fraction of sp³-hybridized carbons (Fsp3) is 0.389. The van der Waals surface area contributed by atoms with E-state index in [0.717, 1.165) is 54.8 Å². The van der Waals surface area contributed by atoms with Gasteiger partial charge in [0.05, 0.1) is 30.8 Å². The lowest BCUT2D eigenvalue weighted by atomic mass is 10.3. The third kappa shape index (κ3) is 3.15. The first-order chi connectivity index (χ1) is 12.2. The summed E-state index contributed by atoms with van der Waals surface area (Å²) in [6.45, 7) is 3.77. The van der Waals surface area contributed by atoms with Gasteiger partial charge in [-0.25, -0.2) is 15.0 Å². The number of nitrogens with zero attached hydrogens (tertiary/aromatic N) is 6. The molecule has 1 fully saturated rings. The lowest BCUT2D eigenvalue weighted by Gasteiger charge is -2.31. The predicted molar refractivity (Wildman–Crippen MR) is 97.9 cm³/mol. The molecular weight excluding hydrogens is 316 g/mol. The van der Waals surface area contributed by atoms with Crippen LogP contribution in [0.3, 0.4) is 0 Å². The van der Waals surface area contributed by atoms with Crippen LogP contribution in [-0.4, -0.2) is 52.9 Å². The minimum atomic E-state index is 0.674. The molecule has 0 amide bonds. The molecule has 1 aliphatic heterocycles. The SMILES string of the molecule is CN(Cc1nccn1C)c1nc2ccccc2nc1N1CCOCC1. The van der Waals surface area contributed by atoms with E-state index in [-0.39, 0.29) is 0 Å². The zero-order valence-electron chi connectivity index (χ0n) is 14.6. The molecule has 0 bridgehead atoms. The molecule has 0 N–H and O–H groups in total. The van der Waals surface area contributed by atoms with Crippen LogP contribution >= 0.6 is 0 Å². The topological polar surface area (TPSA) is 59.3 Å². The molecule has 0 unspecified atom stereocenters. The number of hydrogen-bond donors (Lipinski definition) is 0. The molecule has 130 valence electrons. The number of hydrogen-bond acceptors (Lipinski definition) is 6. The van der Waals surface area contributed by atoms with Crippen molar-refractivity contribution < 1.29 is 4.74 Å². The zero-order valence-corrected chi connectivity index (χ0v) is 14.6. The average Bonchev–Trinajstić information content (AvgIpc) is 3.06.